The van der Waals surface area contributed by atoms with Crippen molar-refractivity contribution >= 4 is 29.2 Å². The zero-order valence-electron chi connectivity index (χ0n) is 16.6. The highest BCUT2D eigenvalue weighted by Gasteiger charge is 2.16. The number of aromatic nitrogens is 3. The first kappa shape index (κ1) is 22.0. The molecule has 31 heavy (non-hydrogen) atoms. The van der Waals surface area contributed by atoms with Crippen molar-refractivity contribution in [3.8, 4) is 0 Å². The van der Waals surface area contributed by atoms with E-state index >= 15 is 0 Å². The van der Waals surface area contributed by atoms with Crippen LogP contribution in [0.4, 0.5) is 36.4 Å². The number of nitrogens with zero attached hydrogens (tertiary/aromatic N) is 4. The fourth-order valence-corrected chi connectivity index (χ4v) is 2.71. The van der Waals surface area contributed by atoms with Gasteiger partial charge in [-0.2, -0.15) is 15.0 Å². The second-order valence-electron chi connectivity index (χ2n) is 6.51. The molecule has 4 N–H and O–H groups in total. The van der Waals surface area contributed by atoms with E-state index in [9.17, 15) is 18.0 Å². The van der Waals surface area contributed by atoms with E-state index in [-0.39, 0.29) is 36.6 Å². The molecule has 0 bridgehead atoms. The number of hydrogen-bond acceptors (Lipinski definition) is 7. The molecule has 0 aliphatic heterocycles. The summed E-state index contributed by atoms with van der Waals surface area (Å²) in [5.41, 5.74) is 5.80. The van der Waals surface area contributed by atoms with Crippen molar-refractivity contribution in [1.29, 1.82) is 0 Å². The highest BCUT2D eigenvalue weighted by atomic mass is 19.1. The third kappa shape index (κ3) is 6.12. The van der Waals surface area contributed by atoms with Gasteiger partial charge in [-0.25, -0.2) is 13.2 Å². The van der Waals surface area contributed by atoms with Crippen LogP contribution < -0.4 is 16.4 Å². The summed E-state index contributed by atoms with van der Waals surface area (Å²) in [6.45, 7) is 2.21. The Kier molecular flexibility index (Phi) is 6.98. The molecular formula is C20H20F3N7O. The van der Waals surface area contributed by atoms with Gasteiger partial charge in [-0.1, -0.05) is 13.0 Å². The Morgan fingerprint density at radius 3 is 2.35 bits per heavy atom. The fourth-order valence-electron chi connectivity index (χ4n) is 2.71. The standard InChI is InChI=1S/C20H20F3N7O/c1-2-30(11-17(31)28-18-14(22)4-3-5-15(18)23)10-16-26-19(24)29-20(27-16)25-13-8-6-12(21)7-9-13/h3-9H,2,10-11H2,1H3,(H,28,31)(H3,24,25,26,27,29). The van der Waals surface area contributed by atoms with E-state index in [0.29, 0.717) is 12.2 Å². The van der Waals surface area contributed by atoms with Crippen LogP contribution in [-0.4, -0.2) is 38.8 Å². The maximum atomic E-state index is 13.7. The summed E-state index contributed by atoms with van der Waals surface area (Å²) >= 11 is 0. The molecule has 1 amide bonds. The Morgan fingerprint density at radius 1 is 1.03 bits per heavy atom. The van der Waals surface area contributed by atoms with Gasteiger partial charge in [-0.05, 0) is 42.9 Å². The molecule has 3 aromatic rings. The predicted molar refractivity (Wildman–Crippen MR) is 110 cm³/mol. The molecule has 0 saturated heterocycles. The normalized spacial score (nSPS) is 10.9. The number of likely N-dealkylation sites (N-methyl/N-ethyl adjacent to an activating group) is 1. The van der Waals surface area contributed by atoms with Gasteiger partial charge in [0.15, 0.2) is 0 Å². The number of carbonyl (C=O) groups excluding carboxylic acids is 1. The first-order valence-corrected chi connectivity index (χ1v) is 9.33. The van der Waals surface area contributed by atoms with Crippen molar-refractivity contribution in [3.05, 3.63) is 65.7 Å². The molecule has 1 aromatic heterocycles. The minimum absolute atomic E-state index is 0.0384. The number of nitrogens with one attached hydrogen (secondary N) is 2. The lowest BCUT2D eigenvalue weighted by atomic mass is 10.3. The molecule has 0 saturated carbocycles. The second kappa shape index (κ2) is 9.85. The maximum absolute atomic E-state index is 13.7. The Morgan fingerprint density at radius 2 is 1.71 bits per heavy atom. The average molecular weight is 431 g/mol. The van der Waals surface area contributed by atoms with Crippen molar-refractivity contribution < 1.29 is 18.0 Å². The van der Waals surface area contributed by atoms with Gasteiger partial charge in [0, 0.05) is 5.69 Å². The molecule has 1 heterocycles. The lowest BCUT2D eigenvalue weighted by Gasteiger charge is -2.19. The Hall–Kier alpha value is -3.73. The van der Waals surface area contributed by atoms with E-state index in [1.54, 1.807) is 11.8 Å². The number of para-hydroxylation sites is 1. The topological polar surface area (TPSA) is 109 Å². The van der Waals surface area contributed by atoms with E-state index in [1.165, 1.54) is 30.3 Å². The maximum Gasteiger partial charge on any atom is 0.238 e. The van der Waals surface area contributed by atoms with E-state index < -0.39 is 23.2 Å². The molecular weight excluding hydrogens is 411 g/mol. The predicted octanol–water partition coefficient (Wildman–Crippen LogP) is 3.08. The summed E-state index contributed by atoms with van der Waals surface area (Å²) in [6.07, 6.45) is 0. The number of benzene rings is 2. The van der Waals surface area contributed by atoms with Gasteiger partial charge >= 0.3 is 0 Å². The van der Waals surface area contributed by atoms with Crippen LogP contribution in [0, 0.1) is 17.5 Å². The van der Waals surface area contributed by atoms with E-state index in [0.717, 1.165) is 12.1 Å². The van der Waals surface area contributed by atoms with Crippen molar-refractivity contribution in [2.75, 3.05) is 29.5 Å². The van der Waals surface area contributed by atoms with Crippen LogP contribution in [0.3, 0.4) is 0 Å². The zero-order chi connectivity index (χ0) is 22.4. The molecule has 0 unspecified atom stereocenters. The molecule has 2 aromatic carbocycles. The average Bonchev–Trinajstić information content (AvgIpc) is 2.71. The summed E-state index contributed by atoms with van der Waals surface area (Å²) in [7, 11) is 0. The van der Waals surface area contributed by atoms with E-state index in [1.807, 2.05) is 0 Å². The van der Waals surface area contributed by atoms with Crippen LogP contribution >= 0.6 is 0 Å². The highest BCUT2D eigenvalue weighted by Crippen LogP contribution is 2.18. The van der Waals surface area contributed by atoms with Crippen LogP contribution in [0.15, 0.2) is 42.5 Å². The third-order valence-electron chi connectivity index (χ3n) is 4.21. The number of rotatable bonds is 8. The van der Waals surface area contributed by atoms with Crippen LogP contribution in [0.2, 0.25) is 0 Å². The quantitative estimate of drug-likeness (QED) is 0.503. The molecule has 0 atom stereocenters. The summed E-state index contributed by atoms with van der Waals surface area (Å²) in [6, 6.07) is 8.91. The Labute approximate surface area is 176 Å². The van der Waals surface area contributed by atoms with Crippen molar-refractivity contribution in [3.63, 3.8) is 0 Å². The van der Waals surface area contributed by atoms with Crippen LogP contribution in [0.1, 0.15) is 12.7 Å². The molecule has 162 valence electrons. The fraction of sp³-hybridized carbons (Fsp3) is 0.200. The van der Waals surface area contributed by atoms with Crippen molar-refractivity contribution in [1.82, 2.24) is 19.9 Å². The molecule has 0 radical (unpaired) electrons. The molecule has 0 aliphatic carbocycles. The van der Waals surface area contributed by atoms with Crippen LogP contribution in [-0.2, 0) is 11.3 Å². The molecule has 0 fully saturated rings. The number of amides is 1. The molecule has 11 heteroatoms. The van der Waals surface area contributed by atoms with Gasteiger partial charge in [0.1, 0.15) is 29.0 Å². The summed E-state index contributed by atoms with van der Waals surface area (Å²) < 4.78 is 40.5. The molecule has 0 spiro atoms. The number of hydrogen-bond donors (Lipinski definition) is 3. The molecule has 8 nitrogen and oxygen atoms in total. The van der Waals surface area contributed by atoms with Gasteiger partial charge < -0.3 is 16.4 Å². The van der Waals surface area contributed by atoms with Gasteiger partial charge in [0.2, 0.25) is 17.8 Å². The van der Waals surface area contributed by atoms with Gasteiger partial charge in [-0.3, -0.25) is 9.69 Å². The van der Waals surface area contributed by atoms with Crippen molar-refractivity contribution in [2.24, 2.45) is 0 Å². The Balaban J connectivity index is 1.67. The van der Waals surface area contributed by atoms with Crippen LogP contribution in [0.25, 0.3) is 0 Å². The number of halogens is 3. The number of carbonyl (C=O) groups is 1. The second-order valence-corrected chi connectivity index (χ2v) is 6.51. The number of anilines is 4. The lowest BCUT2D eigenvalue weighted by molar-refractivity contribution is -0.117. The van der Waals surface area contributed by atoms with Gasteiger partial charge in [0.25, 0.3) is 0 Å². The minimum Gasteiger partial charge on any atom is -0.368 e. The number of nitrogens with two attached hydrogens (primary N) is 1. The minimum atomic E-state index is -0.863. The first-order valence-electron chi connectivity index (χ1n) is 9.33. The van der Waals surface area contributed by atoms with E-state index in [2.05, 4.69) is 25.6 Å². The third-order valence-corrected chi connectivity index (χ3v) is 4.21. The summed E-state index contributed by atoms with van der Waals surface area (Å²) in [5, 5.41) is 5.14. The SMILES string of the molecule is CCN(CC(=O)Nc1c(F)cccc1F)Cc1nc(N)nc(Nc2ccc(F)cc2)n1. The Bertz CT molecular complexity index is 1040. The first-order chi connectivity index (χ1) is 14.8. The summed E-state index contributed by atoms with van der Waals surface area (Å²) in [5.74, 6) is -2.31. The van der Waals surface area contributed by atoms with E-state index in [4.69, 9.17) is 5.73 Å². The molecule has 3 rings (SSSR count). The van der Waals surface area contributed by atoms with Crippen molar-refractivity contribution in [2.45, 2.75) is 13.5 Å². The van der Waals surface area contributed by atoms with Gasteiger partial charge in [0.05, 0.1) is 13.1 Å². The van der Waals surface area contributed by atoms with Crippen LogP contribution in [0.5, 0.6) is 0 Å². The largest absolute Gasteiger partial charge is 0.368 e. The molecule has 0 aliphatic rings. The highest BCUT2D eigenvalue weighted by molar-refractivity contribution is 5.92. The smallest absolute Gasteiger partial charge is 0.238 e. The number of nitrogen functional groups attached to an aromatic ring is 1. The zero-order valence-corrected chi connectivity index (χ0v) is 16.6. The summed E-state index contributed by atoms with van der Waals surface area (Å²) in [4.78, 5) is 26.2. The van der Waals surface area contributed by atoms with Gasteiger partial charge in [-0.15, -0.1) is 0 Å². The lowest BCUT2D eigenvalue weighted by Crippen LogP contribution is -2.33. The monoisotopic (exact) mass is 431 g/mol.